The van der Waals surface area contributed by atoms with Gasteiger partial charge in [0.2, 0.25) is 5.88 Å². The van der Waals surface area contributed by atoms with E-state index in [1.807, 2.05) is 31.3 Å². The van der Waals surface area contributed by atoms with Gasteiger partial charge in [-0.2, -0.15) is 0 Å². The van der Waals surface area contributed by atoms with Crippen molar-refractivity contribution in [3.05, 3.63) is 83.3 Å². The molecule has 0 amide bonds. The molecular formula is C28H36N2O. The van der Waals surface area contributed by atoms with E-state index in [1.165, 1.54) is 56.1 Å². The SMILES string of the molecule is CCCCCCCCCc1ccc(Oc2nc(CCc3ccccc3)cnc2C)cc1. The molecule has 3 aromatic rings. The highest BCUT2D eigenvalue weighted by Gasteiger charge is 2.07. The van der Waals surface area contributed by atoms with E-state index in [4.69, 9.17) is 9.72 Å². The zero-order valence-electron chi connectivity index (χ0n) is 19.1. The van der Waals surface area contributed by atoms with E-state index in [9.17, 15) is 0 Å². The summed E-state index contributed by atoms with van der Waals surface area (Å²) in [4.78, 5) is 9.21. The van der Waals surface area contributed by atoms with Crippen LogP contribution in [0.2, 0.25) is 0 Å². The van der Waals surface area contributed by atoms with Gasteiger partial charge in [0.05, 0.1) is 11.4 Å². The van der Waals surface area contributed by atoms with Crippen LogP contribution in [0, 0.1) is 6.92 Å². The van der Waals surface area contributed by atoms with Gasteiger partial charge >= 0.3 is 0 Å². The standard InChI is InChI=1S/C28H36N2O/c1-3-4-5-6-7-8-10-15-25-17-20-27(21-18-25)31-28-23(2)29-22-26(30-28)19-16-24-13-11-9-12-14-24/h9,11-14,17-18,20-22H,3-8,10,15-16,19H2,1-2H3. The van der Waals surface area contributed by atoms with E-state index < -0.39 is 0 Å². The molecule has 0 unspecified atom stereocenters. The van der Waals surface area contributed by atoms with E-state index in [-0.39, 0.29) is 0 Å². The second-order valence-corrected chi connectivity index (χ2v) is 8.35. The van der Waals surface area contributed by atoms with Crippen LogP contribution in [0.25, 0.3) is 0 Å². The quantitative estimate of drug-likeness (QED) is 0.268. The fourth-order valence-corrected chi connectivity index (χ4v) is 3.72. The van der Waals surface area contributed by atoms with Crippen molar-refractivity contribution in [2.45, 2.75) is 78.1 Å². The average Bonchev–Trinajstić information content (AvgIpc) is 2.81. The molecule has 3 heteroatoms. The first-order valence-corrected chi connectivity index (χ1v) is 11.9. The number of aryl methyl sites for hydroxylation is 4. The molecule has 0 aliphatic heterocycles. The van der Waals surface area contributed by atoms with Crippen molar-refractivity contribution in [3.63, 3.8) is 0 Å². The van der Waals surface area contributed by atoms with Gasteiger partial charge in [-0.25, -0.2) is 4.98 Å². The maximum absolute atomic E-state index is 6.06. The lowest BCUT2D eigenvalue weighted by atomic mass is 10.0. The first-order valence-electron chi connectivity index (χ1n) is 11.9. The van der Waals surface area contributed by atoms with Gasteiger partial charge in [0.15, 0.2) is 0 Å². The number of benzene rings is 2. The molecule has 1 heterocycles. The van der Waals surface area contributed by atoms with Crippen molar-refractivity contribution in [2.24, 2.45) is 0 Å². The highest BCUT2D eigenvalue weighted by atomic mass is 16.5. The Morgan fingerprint density at radius 3 is 2.13 bits per heavy atom. The van der Waals surface area contributed by atoms with Crippen LogP contribution < -0.4 is 4.74 Å². The van der Waals surface area contributed by atoms with Crippen LogP contribution in [-0.4, -0.2) is 9.97 Å². The van der Waals surface area contributed by atoms with Crippen molar-refractivity contribution < 1.29 is 4.74 Å². The maximum Gasteiger partial charge on any atom is 0.241 e. The summed E-state index contributed by atoms with van der Waals surface area (Å²) in [6.07, 6.45) is 14.2. The minimum Gasteiger partial charge on any atom is -0.437 e. The Labute approximate surface area is 187 Å². The summed E-state index contributed by atoms with van der Waals surface area (Å²) < 4.78 is 6.06. The number of hydrogen-bond donors (Lipinski definition) is 0. The predicted molar refractivity (Wildman–Crippen MR) is 129 cm³/mol. The molecule has 31 heavy (non-hydrogen) atoms. The third-order valence-electron chi connectivity index (χ3n) is 5.68. The Morgan fingerprint density at radius 2 is 1.39 bits per heavy atom. The second-order valence-electron chi connectivity index (χ2n) is 8.35. The van der Waals surface area contributed by atoms with Crippen LogP contribution in [0.5, 0.6) is 11.6 Å². The fourth-order valence-electron chi connectivity index (χ4n) is 3.72. The second kappa shape index (κ2) is 12.9. The Bertz CT molecular complexity index is 891. The molecule has 3 rings (SSSR count). The highest BCUT2D eigenvalue weighted by Crippen LogP contribution is 2.23. The molecular weight excluding hydrogens is 380 g/mol. The molecule has 0 spiro atoms. The lowest BCUT2D eigenvalue weighted by Gasteiger charge is -2.10. The van der Waals surface area contributed by atoms with Crippen molar-refractivity contribution in [1.29, 1.82) is 0 Å². The summed E-state index contributed by atoms with van der Waals surface area (Å²) in [7, 11) is 0. The summed E-state index contributed by atoms with van der Waals surface area (Å²) in [5.74, 6) is 1.42. The summed E-state index contributed by atoms with van der Waals surface area (Å²) in [5.41, 5.74) is 4.46. The lowest BCUT2D eigenvalue weighted by Crippen LogP contribution is -2.00. The summed E-state index contributed by atoms with van der Waals surface area (Å²) in [6, 6.07) is 18.9. The zero-order chi connectivity index (χ0) is 21.7. The number of unbranched alkanes of at least 4 members (excludes halogenated alkanes) is 6. The molecule has 0 radical (unpaired) electrons. The Morgan fingerprint density at radius 1 is 0.710 bits per heavy atom. The van der Waals surface area contributed by atoms with Crippen LogP contribution in [0.4, 0.5) is 0 Å². The van der Waals surface area contributed by atoms with Gasteiger partial charge < -0.3 is 4.74 Å². The van der Waals surface area contributed by atoms with Crippen LogP contribution in [-0.2, 0) is 19.3 Å². The molecule has 0 aliphatic rings. The number of nitrogens with zero attached hydrogens (tertiary/aromatic N) is 2. The first kappa shape index (κ1) is 23.0. The van der Waals surface area contributed by atoms with E-state index in [1.54, 1.807) is 0 Å². The molecule has 0 bridgehead atoms. The van der Waals surface area contributed by atoms with Crippen molar-refractivity contribution in [3.8, 4) is 11.6 Å². The minimum absolute atomic E-state index is 0.602. The number of rotatable bonds is 13. The topological polar surface area (TPSA) is 35.0 Å². The van der Waals surface area contributed by atoms with E-state index in [2.05, 4.69) is 48.3 Å². The number of ether oxygens (including phenoxy) is 1. The van der Waals surface area contributed by atoms with Crippen LogP contribution in [0.3, 0.4) is 0 Å². The molecule has 0 saturated carbocycles. The summed E-state index contributed by atoms with van der Waals surface area (Å²) in [5, 5.41) is 0. The third kappa shape index (κ3) is 8.16. The molecule has 0 fully saturated rings. The molecule has 1 aromatic heterocycles. The molecule has 0 N–H and O–H groups in total. The predicted octanol–water partition coefficient (Wildman–Crippen LogP) is 7.66. The van der Waals surface area contributed by atoms with Gasteiger partial charge in [0.1, 0.15) is 5.75 Å². The van der Waals surface area contributed by atoms with E-state index in [0.717, 1.165) is 36.4 Å². The van der Waals surface area contributed by atoms with Gasteiger partial charge in [0, 0.05) is 6.20 Å². The van der Waals surface area contributed by atoms with E-state index in [0.29, 0.717) is 5.88 Å². The monoisotopic (exact) mass is 416 g/mol. The highest BCUT2D eigenvalue weighted by molar-refractivity contribution is 5.32. The van der Waals surface area contributed by atoms with E-state index >= 15 is 0 Å². The summed E-state index contributed by atoms with van der Waals surface area (Å²) in [6.45, 7) is 4.21. The lowest BCUT2D eigenvalue weighted by molar-refractivity contribution is 0.452. The van der Waals surface area contributed by atoms with Crippen molar-refractivity contribution in [2.75, 3.05) is 0 Å². The Balaban J connectivity index is 1.47. The molecule has 2 aromatic carbocycles. The molecule has 0 aliphatic carbocycles. The van der Waals surface area contributed by atoms with Crippen molar-refractivity contribution >= 4 is 0 Å². The maximum atomic E-state index is 6.06. The fraction of sp³-hybridized carbons (Fsp3) is 0.429. The molecule has 3 nitrogen and oxygen atoms in total. The van der Waals surface area contributed by atoms with Gasteiger partial charge in [-0.05, 0) is 55.9 Å². The number of hydrogen-bond acceptors (Lipinski definition) is 3. The molecule has 0 saturated heterocycles. The Kier molecular flexibility index (Phi) is 9.56. The van der Waals surface area contributed by atoms with Crippen LogP contribution >= 0.6 is 0 Å². The normalized spacial score (nSPS) is 10.9. The largest absolute Gasteiger partial charge is 0.437 e. The Hall–Kier alpha value is -2.68. The third-order valence-corrected chi connectivity index (χ3v) is 5.68. The van der Waals surface area contributed by atoms with Crippen LogP contribution in [0.15, 0.2) is 60.8 Å². The zero-order valence-corrected chi connectivity index (χ0v) is 19.1. The summed E-state index contributed by atoms with van der Waals surface area (Å²) >= 11 is 0. The number of aromatic nitrogens is 2. The van der Waals surface area contributed by atoms with Gasteiger partial charge in [-0.1, -0.05) is 87.9 Å². The van der Waals surface area contributed by atoms with Gasteiger partial charge in [0.25, 0.3) is 0 Å². The minimum atomic E-state index is 0.602. The smallest absolute Gasteiger partial charge is 0.241 e. The van der Waals surface area contributed by atoms with Crippen molar-refractivity contribution in [1.82, 2.24) is 9.97 Å². The molecule has 0 atom stereocenters. The van der Waals surface area contributed by atoms with Crippen LogP contribution in [0.1, 0.15) is 74.4 Å². The van der Waals surface area contributed by atoms with Gasteiger partial charge in [-0.15, -0.1) is 0 Å². The molecule has 164 valence electrons. The van der Waals surface area contributed by atoms with Gasteiger partial charge in [-0.3, -0.25) is 4.98 Å². The first-order chi connectivity index (χ1) is 15.2. The average molecular weight is 417 g/mol.